The summed E-state index contributed by atoms with van der Waals surface area (Å²) in [5.74, 6) is 1.24. The zero-order valence-electron chi connectivity index (χ0n) is 11.9. The lowest BCUT2D eigenvalue weighted by atomic mass is 10.0. The lowest BCUT2D eigenvalue weighted by Crippen LogP contribution is -2.52. The molecule has 0 saturated heterocycles. The van der Waals surface area contributed by atoms with Crippen LogP contribution in [-0.2, 0) is 4.79 Å². The Morgan fingerprint density at radius 1 is 1.37 bits per heavy atom. The van der Waals surface area contributed by atoms with Crippen molar-refractivity contribution < 1.29 is 14.6 Å². The second kappa shape index (κ2) is 4.76. The van der Waals surface area contributed by atoms with Crippen molar-refractivity contribution in [2.45, 2.75) is 39.7 Å². The van der Waals surface area contributed by atoms with Gasteiger partial charge >= 0.3 is 0 Å². The summed E-state index contributed by atoms with van der Waals surface area (Å²) >= 11 is 0. The van der Waals surface area contributed by atoms with Crippen LogP contribution in [0.5, 0.6) is 11.5 Å². The normalized spacial score (nSPS) is 17.3. The van der Waals surface area contributed by atoms with Crippen molar-refractivity contribution in [3.8, 4) is 11.5 Å². The molecule has 1 aliphatic heterocycles. The molecule has 2 rings (SSSR count). The molecule has 0 fully saturated rings. The molecule has 0 radical (unpaired) electrons. The Bertz CT molecular complexity index is 494. The maximum absolute atomic E-state index is 12.5. The van der Waals surface area contributed by atoms with Crippen LogP contribution in [0.15, 0.2) is 18.2 Å². The van der Waals surface area contributed by atoms with Crippen LogP contribution in [0.1, 0.15) is 34.1 Å². The largest absolute Gasteiger partial charge is 0.508 e. The van der Waals surface area contributed by atoms with E-state index in [0.717, 1.165) is 6.42 Å². The van der Waals surface area contributed by atoms with Gasteiger partial charge in [0.25, 0.3) is 5.91 Å². The summed E-state index contributed by atoms with van der Waals surface area (Å²) in [6.07, 6.45) is 0.914. The first-order valence-corrected chi connectivity index (χ1v) is 6.65. The molecule has 1 amide bonds. The fourth-order valence-electron chi connectivity index (χ4n) is 2.17. The molecule has 0 bridgehead atoms. The molecule has 4 heteroatoms. The number of fused-ring (bicyclic) bond motifs is 1. The van der Waals surface area contributed by atoms with Crippen LogP contribution in [0, 0.1) is 5.92 Å². The van der Waals surface area contributed by atoms with Crippen LogP contribution >= 0.6 is 0 Å². The van der Waals surface area contributed by atoms with Gasteiger partial charge in [-0.15, -0.1) is 0 Å². The number of hydrogen-bond acceptors (Lipinski definition) is 3. The molecule has 1 N–H and O–H groups in total. The fraction of sp³-hybridized carbons (Fsp3) is 0.533. The van der Waals surface area contributed by atoms with Gasteiger partial charge in [-0.3, -0.25) is 4.79 Å². The number of ether oxygens (including phenoxy) is 1. The van der Waals surface area contributed by atoms with Gasteiger partial charge in [0.15, 0.2) is 5.60 Å². The molecule has 4 nitrogen and oxygen atoms in total. The van der Waals surface area contributed by atoms with Gasteiger partial charge in [-0.05, 0) is 38.3 Å². The van der Waals surface area contributed by atoms with Gasteiger partial charge in [-0.2, -0.15) is 0 Å². The number of rotatable bonds is 3. The zero-order chi connectivity index (χ0) is 14.2. The quantitative estimate of drug-likeness (QED) is 0.912. The lowest BCUT2D eigenvalue weighted by Gasteiger charge is -2.39. The molecule has 1 heterocycles. The summed E-state index contributed by atoms with van der Waals surface area (Å²) in [5.41, 5.74) is -0.203. The summed E-state index contributed by atoms with van der Waals surface area (Å²) in [7, 11) is 0. The fourth-order valence-corrected chi connectivity index (χ4v) is 2.17. The van der Waals surface area contributed by atoms with E-state index in [1.807, 2.05) is 0 Å². The predicted octanol–water partition coefficient (Wildman–Crippen LogP) is 2.94. The van der Waals surface area contributed by atoms with Crippen LogP contribution in [0.4, 0.5) is 5.69 Å². The summed E-state index contributed by atoms with van der Waals surface area (Å²) in [5, 5.41) is 9.61. The molecular weight excluding hydrogens is 242 g/mol. The minimum Gasteiger partial charge on any atom is -0.508 e. The minimum absolute atomic E-state index is 0.0637. The highest BCUT2D eigenvalue weighted by molar-refractivity contribution is 6.02. The number of hydrogen-bond donors (Lipinski definition) is 1. The first-order chi connectivity index (χ1) is 8.81. The molecule has 0 saturated carbocycles. The van der Waals surface area contributed by atoms with Gasteiger partial charge in [0, 0.05) is 12.6 Å². The van der Waals surface area contributed by atoms with E-state index in [-0.39, 0.29) is 11.7 Å². The van der Waals surface area contributed by atoms with Crippen molar-refractivity contribution in [3.05, 3.63) is 18.2 Å². The molecule has 1 aliphatic rings. The number of carbonyl (C=O) groups excluding carboxylic acids is 1. The van der Waals surface area contributed by atoms with Gasteiger partial charge in [-0.25, -0.2) is 0 Å². The number of phenols is 1. The van der Waals surface area contributed by atoms with Crippen LogP contribution in [0.2, 0.25) is 0 Å². The molecule has 0 aromatic heterocycles. The second-order valence-corrected chi connectivity index (χ2v) is 5.90. The van der Waals surface area contributed by atoms with E-state index < -0.39 is 5.60 Å². The number of aromatic hydroxyl groups is 1. The van der Waals surface area contributed by atoms with Crippen molar-refractivity contribution in [2.75, 3.05) is 11.4 Å². The Kier molecular flexibility index (Phi) is 3.43. The Morgan fingerprint density at radius 3 is 2.68 bits per heavy atom. The molecule has 0 spiro atoms. The number of amides is 1. The van der Waals surface area contributed by atoms with E-state index >= 15 is 0 Å². The number of nitrogens with zero attached hydrogens (tertiary/aromatic N) is 1. The highest BCUT2D eigenvalue weighted by atomic mass is 16.5. The van der Waals surface area contributed by atoms with Gasteiger partial charge in [0.2, 0.25) is 0 Å². The maximum atomic E-state index is 12.5. The molecular formula is C15H21NO3. The van der Waals surface area contributed by atoms with E-state index in [0.29, 0.717) is 23.9 Å². The third kappa shape index (κ3) is 2.67. The SMILES string of the molecule is CC(C)CCN1C(=O)C(C)(C)Oc2ccc(O)cc21. The molecule has 0 atom stereocenters. The average molecular weight is 263 g/mol. The smallest absolute Gasteiger partial charge is 0.270 e. The second-order valence-electron chi connectivity index (χ2n) is 5.90. The van der Waals surface area contributed by atoms with Crippen LogP contribution < -0.4 is 9.64 Å². The lowest BCUT2D eigenvalue weighted by molar-refractivity contribution is -0.132. The van der Waals surface area contributed by atoms with E-state index in [1.54, 1.807) is 36.9 Å². The first kappa shape index (κ1) is 13.7. The highest BCUT2D eigenvalue weighted by Gasteiger charge is 2.40. The van der Waals surface area contributed by atoms with Crippen molar-refractivity contribution >= 4 is 11.6 Å². The molecule has 19 heavy (non-hydrogen) atoms. The summed E-state index contributed by atoms with van der Waals surface area (Å²) in [6.45, 7) is 8.43. The van der Waals surface area contributed by atoms with Crippen molar-refractivity contribution in [3.63, 3.8) is 0 Å². The third-order valence-electron chi connectivity index (χ3n) is 3.29. The van der Waals surface area contributed by atoms with E-state index in [1.165, 1.54) is 0 Å². The number of benzene rings is 1. The van der Waals surface area contributed by atoms with E-state index in [4.69, 9.17) is 4.74 Å². The molecule has 104 valence electrons. The molecule has 1 aromatic rings. The Balaban J connectivity index is 2.39. The summed E-state index contributed by atoms with van der Waals surface area (Å²) in [4.78, 5) is 14.2. The number of carbonyl (C=O) groups is 1. The predicted molar refractivity (Wildman–Crippen MR) is 74.6 cm³/mol. The third-order valence-corrected chi connectivity index (χ3v) is 3.29. The van der Waals surface area contributed by atoms with Crippen molar-refractivity contribution in [1.82, 2.24) is 0 Å². The van der Waals surface area contributed by atoms with Crippen LogP contribution in [0.3, 0.4) is 0 Å². The average Bonchev–Trinajstić information content (AvgIpc) is 2.30. The maximum Gasteiger partial charge on any atom is 0.270 e. The first-order valence-electron chi connectivity index (χ1n) is 6.65. The number of anilines is 1. The molecule has 0 unspecified atom stereocenters. The molecule has 0 aliphatic carbocycles. The Hall–Kier alpha value is -1.71. The Morgan fingerprint density at radius 2 is 2.05 bits per heavy atom. The van der Waals surface area contributed by atoms with E-state index in [9.17, 15) is 9.90 Å². The van der Waals surface area contributed by atoms with E-state index in [2.05, 4.69) is 13.8 Å². The number of phenolic OH excluding ortho intramolecular Hbond substituents is 1. The standard InChI is InChI=1S/C15H21NO3/c1-10(2)7-8-16-12-9-11(17)5-6-13(12)19-15(3,4)14(16)18/h5-6,9-10,17H,7-8H2,1-4H3. The summed E-state index contributed by atoms with van der Waals surface area (Å²) in [6, 6.07) is 4.87. The zero-order valence-corrected chi connectivity index (χ0v) is 11.9. The topological polar surface area (TPSA) is 49.8 Å². The van der Waals surface area contributed by atoms with Crippen LogP contribution in [-0.4, -0.2) is 23.2 Å². The minimum atomic E-state index is -0.860. The monoisotopic (exact) mass is 263 g/mol. The van der Waals surface area contributed by atoms with Gasteiger partial charge < -0.3 is 14.7 Å². The Labute approximate surface area is 114 Å². The molecule has 1 aromatic carbocycles. The van der Waals surface area contributed by atoms with Gasteiger partial charge in [-0.1, -0.05) is 13.8 Å². The summed E-state index contributed by atoms with van der Waals surface area (Å²) < 4.78 is 5.72. The van der Waals surface area contributed by atoms with Crippen molar-refractivity contribution in [2.24, 2.45) is 5.92 Å². The van der Waals surface area contributed by atoms with Crippen molar-refractivity contribution in [1.29, 1.82) is 0 Å². The highest BCUT2D eigenvalue weighted by Crippen LogP contribution is 2.39. The van der Waals surface area contributed by atoms with Gasteiger partial charge in [0.1, 0.15) is 11.5 Å². The van der Waals surface area contributed by atoms with Crippen LogP contribution in [0.25, 0.3) is 0 Å². The van der Waals surface area contributed by atoms with Gasteiger partial charge in [0.05, 0.1) is 5.69 Å².